The van der Waals surface area contributed by atoms with Gasteiger partial charge in [0.25, 0.3) is 0 Å². The molecule has 1 amide bonds. The van der Waals surface area contributed by atoms with Gasteiger partial charge in [0.15, 0.2) is 6.10 Å². The molecular formula is C18H20F3NO3. The Balaban J connectivity index is 1.48. The van der Waals surface area contributed by atoms with E-state index in [9.17, 15) is 23.1 Å². The smallest absolute Gasteiger partial charge is 0.379 e. The third-order valence-corrected chi connectivity index (χ3v) is 6.01. The third kappa shape index (κ3) is 2.83. The molecule has 1 aliphatic carbocycles. The maximum Gasteiger partial charge on any atom is 0.418 e. The summed E-state index contributed by atoms with van der Waals surface area (Å²) < 4.78 is 43.2. The van der Waals surface area contributed by atoms with Crippen molar-refractivity contribution in [1.29, 1.82) is 0 Å². The number of aliphatic hydroxyl groups is 1. The number of halogens is 3. The summed E-state index contributed by atoms with van der Waals surface area (Å²) in [5, 5.41) is 9.30. The van der Waals surface area contributed by atoms with Gasteiger partial charge in [-0.1, -0.05) is 12.1 Å². The fourth-order valence-corrected chi connectivity index (χ4v) is 4.13. The van der Waals surface area contributed by atoms with E-state index in [-0.39, 0.29) is 22.5 Å². The predicted molar refractivity (Wildman–Crippen MR) is 84.0 cm³/mol. The Morgan fingerprint density at radius 3 is 2.20 bits per heavy atom. The molecule has 2 saturated heterocycles. The number of ether oxygens (including phenoxy) is 1. The number of hydrogen-bond donors (Lipinski definition) is 1. The number of carbonyl (C=O) groups is 1. The van der Waals surface area contributed by atoms with Crippen molar-refractivity contribution in [3.63, 3.8) is 0 Å². The predicted octanol–water partition coefficient (Wildman–Crippen LogP) is 3.35. The summed E-state index contributed by atoms with van der Waals surface area (Å²) in [5.41, 5.74) is 0.0430. The monoisotopic (exact) mass is 355 g/mol. The SMILES string of the molecule is O=C1N(c2ccc(C(O)C(F)(F)F)cc2)CCC12CCC1(CC2)CO1. The Kier molecular flexibility index (Phi) is 3.67. The molecule has 1 atom stereocenters. The normalized spacial score (nSPS) is 33.3. The molecule has 0 aromatic heterocycles. The van der Waals surface area contributed by atoms with E-state index in [0.717, 1.165) is 38.7 Å². The number of carbonyl (C=O) groups excluding carboxylic acids is 1. The number of amides is 1. The average molecular weight is 355 g/mol. The van der Waals surface area contributed by atoms with Gasteiger partial charge in [-0.2, -0.15) is 13.2 Å². The molecule has 4 nitrogen and oxygen atoms in total. The van der Waals surface area contributed by atoms with Crippen LogP contribution in [-0.2, 0) is 9.53 Å². The van der Waals surface area contributed by atoms with Crippen molar-refractivity contribution in [2.75, 3.05) is 18.1 Å². The van der Waals surface area contributed by atoms with Gasteiger partial charge in [-0.15, -0.1) is 0 Å². The molecule has 3 aliphatic rings. The van der Waals surface area contributed by atoms with Crippen molar-refractivity contribution >= 4 is 11.6 Å². The maximum atomic E-state index is 12.9. The van der Waals surface area contributed by atoms with Crippen LogP contribution in [0.3, 0.4) is 0 Å². The molecule has 7 heteroatoms. The summed E-state index contributed by atoms with van der Waals surface area (Å²) >= 11 is 0. The van der Waals surface area contributed by atoms with Crippen molar-refractivity contribution in [2.24, 2.45) is 5.41 Å². The summed E-state index contributed by atoms with van der Waals surface area (Å²) in [5.74, 6) is 0.0621. The van der Waals surface area contributed by atoms with Crippen LogP contribution in [0.15, 0.2) is 24.3 Å². The molecule has 2 aliphatic heterocycles. The largest absolute Gasteiger partial charge is 0.418 e. The fourth-order valence-electron chi connectivity index (χ4n) is 4.13. The highest BCUT2D eigenvalue weighted by Gasteiger charge is 2.56. The molecule has 1 saturated carbocycles. The molecule has 2 heterocycles. The third-order valence-electron chi connectivity index (χ3n) is 6.01. The molecular weight excluding hydrogens is 335 g/mol. The lowest BCUT2D eigenvalue weighted by Crippen LogP contribution is -2.39. The topological polar surface area (TPSA) is 53.1 Å². The summed E-state index contributed by atoms with van der Waals surface area (Å²) in [6, 6.07) is 5.43. The molecule has 1 unspecified atom stereocenters. The van der Waals surface area contributed by atoms with E-state index in [2.05, 4.69) is 0 Å². The minimum Gasteiger partial charge on any atom is -0.379 e. The molecule has 1 aromatic carbocycles. The first-order chi connectivity index (χ1) is 11.7. The van der Waals surface area contributed by atoms with Gasteiger partial charge >= 0.3 is 6.18 Å². The molecule has 1 N–H and O–H groups in total. The van der Waals surface area contributed by atoms with E-state index in [1.807, 2.05) is 0 Å². The zero-order valence-corrected chi connectivity index (χ0v) is 13.7. The highest BCUT2D eigenvalue weighted by molar-refractivity contribution is 6.00. The Morgan fingerprint density at radius 1 is 1.08 bits per heavy atom. The van der Waals surface area contributed by atoms with E-state index in [1.54, 1.807) is 4.90 Å². The maximum absolute atomic E-state index is 12.9. The summed E-state index contributed by atoms with van der Waals surface area (Å²) in [7, 11) is 0. The lowest BCUT2D eigenvalue weighted by atomic mass is 9.69. The molecule has 4 rings (SSSR count). The summed E-state index contributed by atoms with van der Waals surface area (Å²) in [6.07, 6.45) is -2.99. The van der Waals surface area contributed by atoms with Crippen LogP contribution in [0.1, 0.15) is 43.8 Å². The number of epoxide rings is 1. The number of hydrogen-bond acceptors (Lipinski definition) is 3. The van der Waals surface area contributed by atoms with Crippen LogP contribution in [0.2, 0.25) is 0 Å². The molecule has 25 heavy (non-hydrogen) atoms. The zero-order valence-electron chi connectivity index (χ0n) is 13.7. The van der Waals surface area contributed by atoms with Crippen LogP contribution in [0.4, 0.5) is 18.9 Å². The molecule has 0 bridgehead atoms. The number of aliphatic hydroxyl groups excluding tert-OH is 1. The number of anilines is 1. The van der Waals surface area contributed by atoms with Gasteiger partial charge in [-0.25, -0.2) is 0 Å². The van der Waals surface area contributed by atoms with Gasteiger partial charge in [0.1, 0.15) is 0 Å². The molecule has 2 spiro atoms. The first-order valence-electron chi connectivity index (χ1n) is 8.56. The Morgan fingerprint density at radius 2 is 1.68 bits per heavy atom. The van der Waals surface area contributed by atoms with Crippen molar-refractivity contribution in [3.8, 4) is 0 Å². The van der Waals surface area contributed by atoms with Gasteiger partial charge in [0.2, 0.25) is 5.91 Å². The van der Waals surface area contributed by atoms with Crippen LogP contribution >= 0.6 is 0 Å². The van der Waals surface area contributed by atoms with Gasteiger partial charge in [-0.05, 0) is 49.8 Å². The number of nitrogens with zero attached hydrogens (tertiary/aromatic N) is 1. The van der Waals surface area contributed by atoms with Crippen molar-refractivity contribution in [2.45, 2.75) is 50.0 Å². The van der Waals surface area contributed by atoms with Crippen LogP contribution in [0.25, 0.3) is 0 Å². The second kappa shape index (κ2) is 5.45. The van der Waals surface area contributed by atoms with Gasteiger partial charge < -0.3 is 14.7 Å². The Hall–Kier alpha value is -1.60. The van der Waals surface area contributed by atoms with Crippen LogP contribution < -0.4 is 4.90 Å². The zero-order chi connectivity index (χ0) is 17.9. The van der Waals surface area contributed by atoms with Crippen LogP contribution in [0, 0.1) is 5.41 Å². The highest BCUT2D eigenvalue weighted by Crippen LogP contribution is 2.53. The Labute approximate surface area is 143 Å². The first kappa shape index (κ1) is 16.8. The fraction of sp³-hybridized carbons (Fsp3) is 0.611. The van der Waals surface area contributed by atoms with E-state index in [4.69, 9.17) is 4.74 Å². The summed E-state index contributed by atoms with van der Waals surface area (Å²) in [6.45, 7) is 1.37. The second-order valence-electron chi connectivity index (χ2n) is 7.49. The van der Waals surface area contributed by atoms with Crippen molar-refractivity contribution in [3.05, 3.63) is 29.8 Å². The van der Waals surface area contributed by atoms with Gasteiger partial charge in [0.05, 0.1) is 17.6 Å². The average Bonchev–Trinajstić information content (AvgIpc) is 3.28. The van der Waals surface area contributed by atoms with Crippen molar-refractivity contribution in [1.82, 2.24) is 0 Å². The lowest BCUT2D eigenvalue weighted by Gasteiger charge is -2.34. The van der Waals surface area contributed by atoms with E-state index < -0.39 is 12.3 Å². The van der Waals surface area contributed by atoms with E-state index in [1.165, 1.54) is 24.3 Å². The molecule has 1 aromatic rings. The standard InChI is InChI=1S/C18H20F3NO3/c19-18(20,21)14(23)12-1-3-13(4-2-12)22-10-9-16(15(22)24)5-7-17(8-6-16)11-25-17/h1-4,14,23H,5-11H2. The minimum absolute atomic E-state index is 0.0222. The minimum atomic E-state index is -4.70. The van der Waals surface area contributed by atoms with Crippen LogP contribution in [0.5, 0.6) is 0 Å². The lowest BCUT2D eigenvalue weighted by molar-refractivity contribution is -0.206. The van der Waals surface area contributed by atoms with Crippen molar-refractivity contribution < 1.29 is 27.8 Å². The van der Waals surface area contributed by atoms with E-state index >= 15 is 0 Å². The Bertz CT molecular complexity index is 672. The highest BCUT2D eigenvalue weighted by atomic mass is 19.4. The van der Waals surface area contributed by atoms with Gasteiger partial charge in [0, 0.05) is 12.2 Å². The van der Waals surface area contributed by atoms with Crippen LogP contribution in [-0.4, -0.2) is 35.9 Å². The number of benzene rings is 1. The molecule has 136 valence electrons. The quantitative estimate of drug-likeness (QED) is 0.828. The number of alkyl halides is 3. The molecule has 3 fully saturated rings. The summed E-state index contributed by atoms with van der Waals surface area (Å²) in [4.78, 5) is 14.6. The first-order valence-corrected chi connectivity index (χ1v) is 8.56. The number of rotatable bonds is 2. The van der Waals surface area contributed by atoms with Gasteiger partial charge in [-0.3, -0.25) is 4.79 Å². The van der Waals surface area contributed by atoms with E-state index in [0.29, 0.717) is 12.2 Å². The second-order valence-corrected chi connectivity index (χ2v) is 7.49. The molecule has 0 radical (unpaired) electrons.